The SMILES string of the molecule is CCCOCCNC(=O)OCCCSc1cc2nc(c1)CN[C@@H]1CCCC[C@H]1NCCN[C@@H]1CCCC[C@H]1NC2. The van der Waals surface area contributed by atoms with Gasteiger partial charge in [0.15, 0.2) is 0 Å². The van der Waals surface area contributed by atoms with Crippen molar-refractivity contribution in [2.24, 2.45) is 0 Å². The number of carbonyl (C=O) groups excluding carboxylic acids is 1. The van der Waals surface area contributed by atoms with E-state index >= 15 is 0 Å². The number of ether oxygens (including phenoxy) is 2. The summed E-state index contributed by atoms with van der Waals surface area (Å²) in [6, 6.07) is 6.50. The largest absolute Gasteiger partial charge is 0.450 e. The van der Waals surface area contributed by atoms with E-state index in [9.17, 15) is 4.79 Å². The van der Waals surface area contributed by atoms with Crippen molar-refractivity contribution in [2.45, 2.75) is 113 Å². The summed E-state index contributed by atoms with van der Waals surface area (Å²) in [5.74, 6) is 0.889. The third kappa shape index (κ3) is 11.1. The van der Waals surface area contributed by atoms with E-state index in [-0.39, 0.29) is 6.09 Å². The minimum Gasteiger partial charge on any atom is -0.450 e. The van der Waals surface area contributed by atoms with Crippen molar-refractivity contribution in [3.05, 3.63) is 23.5 Å². The first-order chi connectivity index (χ1) is 19.7. The smallest absolute Gasteiger partial charge is 0.407 e. The lowest BCUT2D eigenvalue weighted by molar-refractivity contribution is 0.122. The highest BCUT2D eigenvalue weighted by Gasteiger charge is 2.27. The second-order valence-corrected chi connectivity index (χ2v) is 12.5. The zero-order valence-corrected chi connectivity index (χ0v) is 25.3. The van der Waals surface area contributed by atoms with Crippen LogP contribution in [-0.4, -0.2) is 80.5 Å². The Morgan fingerprint density at radius 1 is 0.875 bits per heavy atom. The van der Waals surface area contributed by atoms with Crippen molar-refractivity contribution in [1.29, 1.82) is 0 Å². The summed E-state index contributed by atoms with van der Waals surface area (Å²) in [5, 5.41) is 18.1. The van der Waals surface area contributed by atoms with Crippen LogP contribution >= 0.6 is 11.8 Å². The summed E-state index contributed by atoms with van der Waals surface area (Å²) in [6.07, 6.45) is 11.5. The average Bonchev–Trinajstić information content (AvgIpc) is 2.98. The molecule has 1 aliphatic heterocycles. The van der Waals surface area contributed by atoms with Gasteiger partial charge in [-0.2, -0.15) is 0 Å². The second kappa shape index (κ2) is 18.2. The van der Waals surface area contributed by atoms with Gasteiger partial charge in [0.1, 0.15) is 0 Å². The number of carbonyl (C=O) groups is 1. The Hall–Kier alpha value is -1.43. The van der Waals surface area contributed by atoms with E-state index in [1.54, 1.807) is 0 Å². The maximum Gasteiger partial charge on any atom is 0.407 e. The zero-order chi connectivity index (χ0) is 27.8. The highest BCUT2D eigenvalue weighted by Crippen LogP contribution is 2.24. The number of alkyl carbamates (subject to hydrolysis) is 1. The molecule has 1 aromatic rings. The highest BCUT2D eigenvalue weighted by atomic mass is 32.2. The summed E-state index contributed by atoms with van der Waals surface area (Å²) >= 11 is 1.82. The summed E-state index contributed by atoms with van der Waals surface area (Å²) < 4.78 is 10.7. The van der Waals surface area contributed by atoms with Crippen molar-refractivity contribution in [3.63, 3.8) is 0 Å². The zero-order valence-electron chi connectivity index (χ0n) is 24.5. The number of amides is 1. The molecule has 0 aromatic carbocycles. The number of thioether (sulfide) groups is 1. The van der Waals surface area contributed by atoms with Gasteiger partial charge in [-0.1, -0.05) is 32.6 Å². The molecule has 9 nitrogen and oxygen atoms in total. The van der Waals surface area contributed by atoms with Crippen LogP contribution < -0.4 is 26.6 Å². The van der Waals surface area contributed by atoms with Crippen molar-refractivity contribution >= 4 is 17.9 Å². The van der Waals surface area contributed by atoms with Crippen LogP contribution in [0.15, 0.2) is 17.0 Å². The van der Waals surface area contributed by atoms with E-state index in [0.717, 1.165) is 62.8 Å². The van der Waals surface area contributed by atoms with Gasteiger partial charge in [0, 0.05) is 74.1 Å². The first-order valence-electron chi connectivity index (χ1n) is 15.8. The Morgan fingerprint density at radius 3 is 2.02 bits per heavy atom. The third-order valence-electron chi connectivity index (χ3n) is 8.12. The Bertz CT molecular complexity index is 830. The lowest BCUT2D eigenvalue weighted by Gasteiger charge is -2.34. The molecule has 3 aliphatic rings. The van der Waals surface area contributed by atoms with Crippen LogP contribution in [0.5, 0.6) is 0 Å². The number of fused-ring (bicyclic) bond motifs is 4. The molecular formula is C30H52N6O3S. The van der Waals surface area contributed by atoms with Gasteiger partial charge in [0.05, 0.1) is 24.6 Å². The monoisotopic (exact) mass is 576 g/mol. The Morgan fingerprint density at radius 2 is 1.45 bits per heavy atom. The molecule has 2 fully saturated rings. The molecule has 4 atom stereocenters. The Labute approximate surface area is 245 Å². The number of pyridine rings is 1. The molecule has 4 rings (SSSR count). The normalized spacial score (nSPS) is 26.0. The average molecular weight is 577 g/mol. The van der Waals surface area contributed by atoms with Gasteiger partial charge in [-0.15, -0.1) is 11.8 Å². The quantitative estimate of drug-likeness (QED) is 0.210. The first-order valence-corrected chi connectivity index (χ1v) is 16.7. The Balaban J connectivity index is 1.31. The summed E-state index contributed by atoms with van der Waals surface area (Å²) in [5.41, 5.74) is 2.22. The van der Waals surface area contributed by atoms with E-state index in [1.807, 2.05) is 11.8 Å². The topological polar surface area (TPSA) is 109 Å². The molecule has 40 heavy (non-hydrogen) atoms. The first kappa shape index (κ1) is 31.5. The van der Waals surface area contributed by atoms with Crippen molar-refractivity contribution in [2.75, 3.05) is 45.2 Å². The number of nitrogens with one attached hydrogen (secondary N) is 5. The highest BCUT2D eigenvalue weighted by molar-refractivity contribution is 7.99. The maximum absolute atomic E-state index is 11.9. The van der Waals surface area contributed by atoms with Gasteiger partial charge in [0.25, 0.3) is 0 Å². The van der Waals surface area contributed by atoms with E-state index in [0.29, 0.717) is 43.9 Å². The van der Waals surface area contributed by atoms with Crippen LogP contribution in [0.2, 0.25) is 0 Å². The molecule has 2 saturated carbocycles. The predicted molar refractivity (Wildman–Crippen MR) is 162 cm³/mol. The molecule has 2 bridgehead atoms. The number of rotatable bonds is 10. The van der Waals surface area contributed by atoms with Crippen LogP contribution in [0, 0.1) is 0 Å². The number of hydrogen-bond acceptors (Lipinski definition) is 9. The molecule has 0 saturated heterocycles. The minimum atomic E-state index is -0.370. The standard InChI is InChI=1S/C30H52N6O3S/c1-2-15-38-17-14-33-30(37)39-16-7-18-40-25-19-23-21-34-28-10-5-3-8-26(28)31-12-13-32-27-9-4-6-11-29(27)35-22-24(20-25)36-23/h19-20,26-29,31-32,34-35H,2-18,21-22H2,1H3,(H,33,37)/t26-,27-,28-,29-/m1/s1. The van der Waals surface area contributed by atoms with Crippen LogP contribution in [0.4, 0.5) is 4.79 Å². The Kier molecular flexibility index (Phi) is 14.3. The van der Waals surface area contributed by atoms with Gasteiger partial charge in [-0.25, -0.2) is 4.79 Å². The van der Waals surface area contributed by atoms with E-state index in [2.05, 4.69) is 45.6 Å². The molecule has 1 amide bonds. The van der Waals surface area contributed by atoms with Gasteiger partial charge in [-0.3, -0.25) is 4.98 Å². The molecule has 1 aromatic heterocycles. The molecule has 226 valence electrons. The van der Waals surface area contributed by atoms with Gasteiger partial charge < -0.3 is 36.1 Å². The summed E-state index contributed by atoms with van der Waals surface area (Å²) in [6.45, 7) is 7.83. The van der Waals surface area contributed by atoms with Crippen LogP contribution in [0.3, 0.4) is 0 Å². The predicted octanol–water partition coefficient (Wildman–Crippen LogP) is 3.71. The van der Waals surface area contributed by atoms with Crippen molar-refractivity contribution in [3.8, 4) is 0 Å². The summed E-state index contributed by atoms with van der Waals surface area (Å²) in [4.78, 5) is 18.2. The van der Waals surface area contributed by atoms with Crippen LogP contribution in [0.1, 0.15) is 82.5 Å². The van der Waals surface area contributed by atoms with Gasteiger partial charge >= 0.3 is 6.09 Å². The van der Waals surface area contributed by atoms with Gasteiger partial charge in [-0.05, 0) is 50.7 Å². The molecule has 0 unspecified atom stereocenters. The van der Waals surface area contributed by atoms with Crippen molar-refractivity contribution < 1.29 is 14.3 Å². The second-order valence-electron chi connectivity index (χ2n) is 11.3. The fraction of sp³-hybridized carbons (Fsp3) is 0.800. The maximum atomic E-state index is 11.9. The number of nitrogens with zero attached hydrogens (tertiary/aromatic N) is 1. The van der Waals surface area contributed by atoms with E-state index < -0.39 is 0 Å². The fourth-order valence-electron chi connectivity index (χ4n) is 6.05. The lowest BCUT2D eigenvalue weighted by atomic mass is 9.89. The third-order valence-corrected chi connectivity index (χ3v) is 9.18. The van der Waals surface area contributed by atoms with E-state index in [4.69, 9.17) is 14.5 Å². The van der Waals surface area contributed by atoms with Gasteiger partial charge in [0.2, 0.25) is 0 Å². The molecule has 10 heteroatoms. The lowest BCUT2D eigenvalue weighted by Crippen LogP contribution is -2.53. The molecule has 0 spiro atoms. The van der Waals surface area contributed by atoms with Crippen LogP contribution in [0.25, 0.3) is 0 Å². The molecule has 2 heterocycles. The number of aromatic nitrogens is 1. The fourth-order valence-corrected chi connectivity index (χ4v) is 6.98. The number of hydrogen-bond donors (Lipinski definition) is 5. The van der Waals surface area contributed by atoms with Crippen LogP contribution in [-0.2, 0) is 22.6 Å². The van der Waals surface area contributed by atoms with E-state index in [1.165, 1.54) is 56.3 Å². The van der Waals surface area contributed by atoms with Crippen molar-refractivity contribution in [1.82, 2.24) is 31.6 Å². The summed E-state index contributed by atoms with van der Waals surface area (Å²) in [7, 11) is 0. The molecule has 0 radical (unpaired) electrons. The molecule has 2 aliphatic carbocycles. The minimum absolute atomic E-state index is 0.370. The molecular weight excluding hydrogens is 524 g/mol. The molecule has 5 N–H and O–H groups in total.